The van der Waals surface area contributed by atoms with E-state index in [1.807, 2.05) is 18.2 Å². The third-order valence-corrected chi connectivity index (χ3v) is 5.63. The summed E-state index contributed by atoms with van der Waals surface area (Å²) in [7, 11) is 0. The number of benzene rings is 2. The average Bonchev–Trinajstić information content (AvgIpc) is 2.67. The minimum atomic E-state index is -0.322. The lowest BCUT2D eigenvalue weighted by Gasteiger charge is -2.38. The second-order valence-electron chi connectivity index (χ2n) is 8.72. The van der Waals surface area contributed by atoms with Crippen LogP contribution < -0.4 is 10.1 Å². The quantitative estimate of drug-likeness (QED) is 0.856. The van der Waals surface area contributed by atoms with Gasteiger partial charge in [0.1, 0.15) is 11.4 Å². The molecule has 2 aromatic rings. The summed E-state index contributed by atoms with van der Waals surface area (Å²) in [6.45, 7) is 10.5. The van der Waals surface area contributed by atoms with Crippen molar-refractivity contribution >= 4 is 5.91 Å². The van der Waals surface area contributed by atoms with Gasteiger partial charge in [0.15, 0.2) is 0 Å². The summed E-state index contributed by atoms with van der Waals surface area (Å²) in [5, 5.41) is 3.24. The molecule has 29 heavy (non-hydrogen) atoms. The number of morpholine rings is 1. The third-order valence-electron chi connectivity index (χ3n) is 5.63. The van der Waals surface area contributed by atoms with Crippen LogP contribution in [0.2, 0.25) is 0 Å². The van der Waals surface area contributed by atoms with E-state index in [0.717, 1.165) is 61.7 Å². The van der Waals surface area contributed by atoms with E-state index < -0.39 is 0 Å². The number of amides is 1. The van der Waals surface area contributed by atoms with Crippen molar-refractivity contribution in [2.45, 2.75) is 45.4 Å². The van der Waals surface area contributed by atoms with Crippen LogP contribution >= 0.6 is 0 Å². The second-order valence-corrected chi connectivity index (χ2v) is 8.72. The molecule has 2 aromatic carbocycles. The Morgan fingerprint density at radius 1 is 1.17 bits per heavy atom. The number of aryl methyl sites for hydroxylation is 1. The molecule has 1 unspecified atom stereocenters. The van der Waals surface area contributed by atoms with Crippen LogP contribution in [-0.4, -0.2) is 42.7 Å². The van der Waals surface area contributed by atoms with Crippen molar-refractivity contribution in [3.05, 3.63) is 64.7 Å². The van der Waals surface area contributed by atoms with Gasteiger partial charge in [-0.15, -0.1) is 0 Å². The topological polar surface area (TPSA) is 50.8 Å². The van der Waals surface area contributed by atoms with Crippen molar-refractivity contribution in [2.24, 2.45) is 0 Å². The molecule has 1 amide bonds. The Balaban J connectivity index is 1.50. The molecule has 1 fully saturated rings. The molecule has 154 valence electrons. The lowest BCUT2D eigenvalue weighted by molar-refractivity contribution is 0.0341. The van der Waals surface area contributed by atoms with Crippen molar-refractivity contribution in [3.8, 4) is 5.75 Å². The molecular formula is C24H30N2O3. The summed E-state index contributed by atoms with van der Waals surface area (Å²) in [6, 6.07) is 14.1. The Morgan fingerprint density at radius 2 is 1.97 bits per heavy atom. The van der Waals surface area contributed by atoms with Gasteiger partial charge in [-0.2, -0.15) is 0 Å². The summed E-state index contributed by atoms with van der Waals surface area (Å²) in [5.74, 6) is 0.829. The van der Waals surface area contributed by atoms with Gasteiger partial charge in [0, 0.05) is 37.2 Å². The fraction of sp³-hybridized carbons (Fsp3) is 0.458. The first-order chi connectivity index (χ1) is 13.9. The number of hydrogen-bond acceptors (Lipinski definition) is 4. The standard InChI is InChI=1S/C24H30N2O3/c1-17-7-8-20-21(15-24(2,3)29-22(20)13-17)25-23(27)19-6-4-5-18(14-19)16-26-9-11-28-12-10-26/h4-8,13-14,21H,9-12,15-16H2,1-3H3,(H,25,27). The van der Waals surface area contributed by atoms with Crippen LogP contribution in [0.3, 0.4) is 0 Å². The monoisotopic (exact) mass is 394 g/mol. The maximum atomic E-state index is 13.1. The molecule has 2 heterocycles. The van der Waals surface area contributed by atoms with Gasteiger partial charge >= 0.3 is 0 Å². The van der Waals surface area contributed by atoms with E-state index in [2.05, 4.69) is 55.3 Å². The molecule has 1 N–H and O–H groups in total. The zero-order valence-electron chi connectivity index (χ0n) is 17.5. The zero-order chi connectivity index (χ0) is 20.4. The molecule has 5 heteroatoms. The Hall–Kier alpha value is -2.37. The number of ether oxygens (including phenoxy) is 2. The molecule has 0 aliphatic carbocycles. The number of carbonyl (C=O) groups excluding carboxylic acids is 1. The molecule has 1 saturated heterocycles. The van der Waals surface area contributed by atoms with Gasteiger partial charge in [-0.1, -0.05) is 24.3 Å². The molecule has 0 bridgehead atoms. The smallest absolute Gasteiger partial charge is 0.251 e. The number of nitrogens with one attached hydrogen (secondary N) is 1. The highest BCUT2D eigenvalue weighted by atomic mass is 16.5. The normalized spacial score (nSPS) is 21.1. The number of hydrogen-bond donors (Lipinski definition) is 1. The van der Waals surface area contributed by atoms with E-state index in [4.69, 9.17) is 9.47 Å². The maximum Gasteiger partial charge on any atom is 0.251 e. The van der Waals surface area contributed by atoms with E-state index in [0.29, 0.717) is 5.56 Å². The van der Waals surface area contributed by atoms with Crippen molar-refractivity contribution in [1.82, 2.24) is 10.2 Å². The van der Waals surface area contributed by atoms with Crippen molar-refractivity contribution in [2.75, 3.05) is 26.3 Å². The van der Waals surface area contributed by atoms with Crippen LogP contribution in [0.1, 0.15) is 53.4 Å². The van der Waals surface area contributed by atoms with Crippen molar-refractivity contribution in [3.63, 3.8) is 0 Å². The fourth-order valence-corrected chi connectivity index (χ4v) is 4.16. The number of nitrogens with zero attached hydrogens (tertiary/aromatic N) is 1. The first-order valence-corrected chi connectivity index (χ1v) is 10.4. The maximum absolute atomic E-state index is 13.1. The average molecular weight is 395 g/mol. The van der Waals surface area contributed by atoms with Gasteiger partial charge in [-0.05, 0) is 50.1 Å². The number of fused-ring (bicyclic) bond motifs is 1. The van der Waals surface area contributed by atoms with Crippen molar-refractivity contribution < 1.29 is 14.3 Å². The Morgan fingerprint density at radius 3 is 2.76 bits per heavy atom. The molecule has 2 aliphatic rings. The summed E-state index contributed by atoms with van der Waals surface area (Å²) in [6.07, 6.45) is 0.738. The number of carbonyl (C=O) groups is 1. The molecule has 0 saturated carbocycles. The van der Waals surface area contributed by atoms with Crippen LogP contribution in [0.4, 0.5) is 0 Å². The summed E-state index contributed by atoms with van der Waals surface area (Å²) >= 11 is 0. The van der Waals surface area contributed by atoms with E-state index in [1.165, 1.54) is 0 Å². The summed E-state index contributed by atoms with van der Waals surface area (Å²) < 4.78 is 11.6. The van der Waals surface area contributed by atoms with Crippen LogP contribution in [0, 0.1) is 6.92 Å². The highest BCUT2D eigenvalue weighted by Gasteiger charge is 2.34. The molecular weight excluding hydrogens is 364 g/mol. The van der Waals surface area contributed by atoms with Crippen LogP contribution in [0.15, 0.2) is 42.5 Å². The van der Waals surface area contributed by atoms with Crippen LogP contribution in [-0.2, 0) is 11.3 Å². The van der Waals surface area contributed by atoms with E-state index in [1.54, 1.807) is 0 Å². The Labute approximate surface area is 173 Å². The second kappa shape index (κ2) is 8.17. The van der Waals surface area contributed by atoms with Crippen LogP contribution in [0.5, 0.6) is 5.75 Å². The number of rotatable bonds is 4. The molecule has 0 radical (unpaired) electrons. The fourth-order valence-electron chi connectivity index (χ4n) is 4.16. The lowest BCUT2D eigenvalue weighted by atomic mass is 9.89. The van der Waals surface area contributed by atoms with E-state index in [9.17, 15) is 4.79 Å². The molecule has 5 nitrogen and oxygen atoms in total. The predicted octanol–water partition coefficient (Wildman–Crippen LogP) is 3.86. The molecule has 0 spiro atoms. The van der Waals surface area contributed by atoms with Gasteiger partial charge in [-0.3, -0.25) is 9.69 Å². The van der Waals surface area contributed by atoms with Gasteiger partial charge < -0.3 is 14.8 Å². The SMILES string of the molecule is Cc1ccc2c(c1)OC(C)(C)CC2NC(=O)c1cccc(CN2CCOCC2)c1. The van der Waals surface area contributed by atoms with E-state index in [-0.39, 0.29) is 17.6 Å². The van der Waals surface area contributed by atoms with Gasteiger partial charge in [0.2, 0.25) is 0 Å². The summed E-state index contributed by atoms with van der Waals surface area (Å²) in [4.78, 5) is 15.4. The first-order valence-electron chi connectivity index (χ1n) is 10.4. The zero-order valence-corrected chi connectivity index (χ0v) is 17.5. The third kappa shape index (κ3) is 4.80. The lowest BCUT2D eigenvalue weighted by Crippen LogP contribution is -2.41. The molecule has 0 aromatic heterocycles. The predicted molar refractivity (Wildman–Crippen MR) is 113 cm³/mol. The Kier molecular flexibility index (Phi) is 5.61. The Bertz CT molecular complexity index is 887. The van der Waals surface area contributed by atoms with Crippen LogP contribution in [0.25, 0.3) is 0 Å². The molecule has 4 rings (SSSR count). The molecule has 2 aliphatic heterocycles. The molecule has 1 atom stereocenters. The minimum absolute atomic E-state index is 0.0388. The first kappa shape index (κ1) is 19.9. The van der Waals surface area contributed by atoms with E-state index >= 15 is 0 Å². The van der Waals surface area contributed by atoms with Crippen molar-refractivity contribution in [1.29, 1.82) is 0 Å². The van der Waals surface area contributed by atoms with Gasteiger partial charge in [0.05, 0.1) is 19.3 Å². The summed E-state index contributed by atoms with van der Waals surface area (Å²) in [5.41, 5.74) is 3.74. The van der Waals surface area contributed by atoms with Gasteiger partial charge in [0.25, 0.3) is 5.91 Å². The highest BCUT2D eigenvalue weighted by Crippen LogP contribution is 2.40. The van der Waals surface area contributed by atoms with Gasteiger partial charge in [-0.25, -0.2) is 0 Å². The highest BCUT2D eigenvalue weighted by molar-refractivity contribution is 5.94. The largest absolute Gasteiger partial charge is 0.487 e. The minimum Gasteiger partial charge on any atom is -0.487 e.